The molecule has 1 aliphatic heterocycles. The quantitative estimate of drug-likeness (QED) is 0.568. The standard InChI is InChI=1S/C20H27N3OS2/c1-13-7-8-15-16(11-13)26-20-18(15)19(21-14(2)22-20)25-12-17(24)23-9-5-3-4-6-10-23/h13H,3-12H2,1-2H3/t13-/m0/s1. The highest BCUT2D eigenvalue weighted by Gasteiger charge is 2.24. The Morgan fingerprint density at radius 3 is 2.77 bits per heavy atom. The topological polar surface area (TPSA) is 46.1 Å². The van der Waals surface area contributed by atoms with Gasteiger partial charge in [-0.15, -0.1) is 11.3 Å². The first-order chi connectivity index (χ1) is 12.6. The number of fused-ring (bicyclic) bond motifs is 3. The summed E-state index contributed by atoms with van der Waals surface area (Å²) in [5.74, 6) is 2.32. The predicted octanol–water partition coefficient (Wildman–Crippen LogP) is 4.62. The molecule has 6 heteroatoms. The molecule has 4 nitrogen and oxygen atoms in total. The van der Waals surface area contributed by atoms with E-state index in [1.165, 1.54) is 35.1 Å². The van der Waals surface area contributed by atoms with Crippen LogP contribution in [0.15, 0.2) is 5.03 Å². The van der Waals surface area contributed by atoms with Crippen molar-refractivity contribution in [2.75, 3.05) is 18.8 Å². The van der Waals surface area contributed by atoms with E-state index < -0.39 is 0 Å². The van der Waals surface area contributed by atoms with Crippen molar-refractivity contribution >= 4 is 39.2 Å². The van der Waals surface area contributed by atoms with Crippen LogP contribution in [0.3, 0.4) is 0 Å². The van der Waals surface area contributed by atoms with Gasteiger partial charge in [-0.25, -0.2) is 9.97 Å². The second-order valence-corrected chi connectivity index (χ2v) is 9.74. The number of carbonyl (C=O) groups excluding carboxylic acids is 1. The molecule has 0 saturated carbocycles. The number of rotatable bonds is 3. The third-order valence-electron chi connectivity index (χ3n) is 5.52. The molecular formula is C20H27N3OS2. The van der Waals surface area contributed by atoms with Gasteiger partial charge in [0.25, 0.3) is 0 Å². The minimum Gasteiger partial charge on any atom is -0.342 e. The molecule has 1 atom stereocenters. The van der Waals surface area contributed by atoms with Crippen LogP contribution in [0.1, 0.15) is 55.3 Å². The van der Waals surface area contributed by atoms with E-state index in [2.05, 4.69) is 11.8 Å². The number of amides is 1. The maximum Gasteiger partial charge on any atom is 0.232 e. The molecule has 1 aliphatic carbocycles. The number of carbonyl (C=O) groups is 1. The minimum absolute atomic E-state index is 0.263. The van der Waals surface area contributed by atoms with Crippen molar-refractivity contribution < 1.29 is 4.79 Å². The molecule has 0 bridgehead atoms. The number of thioether (sulfide) groups is 1. The molecule has 3 heterocycles. The van der Waals surface area contributed by atoms with E-state index in [1.54, 1.807) is 11.8 Å². The average molecular weight is 390 g/mol. The largest absolute Gasteiger partial charge is 0.342 e. The molecular weight excluding hydrogens is 362 g/mol. The molecule has 0 spiro atoms. The van der Waals surface area contributed by atoms with Crippen LogP contribution in [0.5, 0.6) is 0 Å². The van der Waals surface area contributed by atoms with Gasteiger partial charge in [0, 0.05) is 23.4 Å². The molecule has 0 radical (unpaired) electrons. The molecule has 1 amide bonds. The summed E-state index contributed by atoms with van der Waals surface area (Å²) in [7, 11) is 0. The molecule has 0 N–H and O–H groups in total. The van der Waals surface area contributed by atoms with Crippen LogP contribution in [-0.2, 0) is 17.6 Å². The SMILES string of the molecule is Cc1nc(SCC(=O)N2CCCCCC2)c2c3c(sc2n1)C[C@@H](C)CC3. The van der Waals surface area contributed by atoms with E-state index in [1.807, 2.05) is 18.3 Å². The summed E-state index contributed by atoms with van der Waals surface area (Å²) < 4.78 is 0. The number of thiophene rings is 1. The number of nitrogens with zero attached hydrogens (tertiary/aromatic N) is 3. The summed E-state index contributed by atoms with van der Waals surface area (Å²) >= 11 is 3.45. The fourth-order valence-electron chi connectivity index (χ4n) is 4.06. The maximum atomic E-state index is 12.7. The molecule has 1 fully saturated rings. The van der Waals surface area contributed by atoms with Crippen molar-refractivity contribution in [1.82, 2.24) is 14.9 Å². The van der Waals surface area contributed by atoms with E-state index in [4.69, 9.17) is 9.97 Å². The Bertz CT molecular complexity index is 809. The lowest BCUT2D eigenvalue weighted by molar-refractivity contribution is -0.128. The van der Waals surface area contributed by atoms with Crippen molar-refractivity contribution in [3.63, 3.8) is 0 Å². The van der Waals surface area contributed by atoms with E-state index >= 15 is 0 Å². The number of aryl methyl sites for hydroxylation is 2. The van der Waals surface area contributed by atoms with Crippen LogP contribution >= 0.6 is 23.1 Å². The van der Waals surface area contributed by atoms with Crippen LogP contribution < -0.4 is 0 Å². The van der Waals surface area contributed by atoms with Gasteiger partial charge >= 0.3 is 0 Å². The Kier molecular flexibility index (Phi) is 5.50. The lowest BCUT2D eigenvalue weighted by atomic mass is 9.89. The minimum atomic E-state index is 0.263. The van der Waals surface area contributed by atoms with Crippen molar-refractivity contribution in [3.05, 3.63) is 16.3 Å². The molecule has 2 aromatic rings. The first-order valence-corrected chi connectivity index (χ1v) is 11.6. The zero-order valence-corrected chi connectivity index (χ0v) is 17.3. The van der Waals surface area contributed by atoms with Gasteiger partial charge in [-0.2, -0.15) is 0 Å². The summed E-state index contributed by atoms with van der Waals surface area (Å²) in [5, 5.41) is 2.25. The van der Waals surface area contributed by atoms with E-state index in [0.717, 1.165) is 60.4 Å². The molecule has 1 saturated heterocycles. The second kappa shape index (κ2) is 7.85. The van der Waals surface area contributed by atoms with Crippen LogP contribution in [0.25, 0.3) is 10.2 Å². The fourth-order valence-corrected chi connectivity index (χ4v) is 6.55. The summed E-state index contributed by atoms with van der Waals surface area (Å²) in [6.07, 6.45) is 8.31. The first-order valence-electron chi connectivity index (χ1n) is 9.81. The van der Waals surface area contributed by atoms with Crippen LogP contribution in [0.2, 0.25) is 0 Å². The van der Waals surface area contributed by atoms with Crippen LogP contribution in [0.4, 0.5) is 0 Å². The normalized spacial score (nSPS) is 20.8. The van der Waals surface area contributed by atoms with Crippen molar-refractivity contribution in [2.45, 2.75) is 63.8 Å². The van der Waals surface area contributed by atoms with Gasteiger partial charge < -0.3 is 4.90 Å². The summed E-state index contributed by atoms with van der Waals surface area (Å²) in [5.41, 5.74) is 1.45. The zero-order chi connectivity index (χ0) is 18.1. The maximum absolute atomic E-state index is 12.7. The predicted molar refractivity (Wildman–Crippen MR) is 109 cm³/mol. The molecule has 0 aromatic carbocycles. The van der Waals surface area contributed by atoms with Gasteiger partial charge in [-0.1, -0.05) is 31.5 Å². The van der Waals surface area contributed by atoms with Crippen LogP contribution in [0, 0.1) is 12.8 Å². The Labute approximate surface area is 163 Å². The second-order valence-electron chi connectivity index (χ2n) is 7.69. The Balaban J connectivity index is 1.57. The van der Waals surface area contributed by atoms with Crippen molar-refractivity contribution in [3.8, 4) is 0 Å². The molecule has 2 aliphatic rings. The highest BCUT2D eigenvalue weighted by Crippen LogP contribution is 2.40. The Hall–Kier alpha value is -1.14. The smallest absolute Gasteiger partial charge is 0.232 e. The Morgan fingerprint density at radius 1 is 1.23 bits per heavy atom. The van der Waals surface area contributed by atoms with Gasteiger partial charge in [0.05, 0.1) is 5.75 Å². The van der Waals surface area contributed by atoms with Crippen molar-refractivity contribution in [2.24, 2.45) is 5.92 Å². The van der Waals surface area contributed by atoms with Crippen molar-refractivity contribution in [1.29, 1.82) is 0 Å². The lowest BCUT2D eigenvalue weighted by Crippen LogP contribution is -2.33. The third kappa shape index (κ3) is 3.77. The number of hydrogen-bond acceptors (Lipinski definition) is 5. The molecule has 140 valence electrons. The summed E-state index contributed by atoms with van der Waals surface area (Å²) in [6, 6.07) is 0. The fraction of sp³-hybridized carbons (Fsp3) is 0.650. The summed E-state index contributed by atoms with van der Waals surface area (Å²) in [6.45, 7) is 6.13. The average Bonchev–Trinajstić information content (AvgIpc) is 2.80. The van der Waals surface area contributed by atoms with Crippen LogP contribution in [-0.4, -0.2) is 39.6 Å². The molecule has 0 unspecified atom stereocenters. The number of aromatic nitrogens is 2. The number of hydrogen-bond donors (Lipinski definition) is 0. The highest BCUT2D eigenvalue weighted by atomic mass is 32.2. The number of likely N-dealkylation sites (tertiary alicyclic amines) is 1. The van der Waals surface area contributed by atoms with Gasteiger partial charge in [0.15, 0.2) is 0 Å². The zero-order valence-electron chi connectivity index (χ0n) is 15.7. The molecule has 26 heavy (non-hydrogen) atoms. The monoisotopic (exact) mass is 389 g/mol. The molecule has 4 rings (SSSR count). The van der Waals surface area contributed by atoms with Gasteiger partial charge in [0.2, 0.25) is 5.91 Å². The van der Waals surface area contributed by atoms with Gasteiger partial charge in [-0.3, -0.25) is 4.79 Å². The Morgan fingerprint density at radius 2 is 2.00 bits per heavy atom. The highest BCUT2D eigenvalue weighted by molar-refractivity contribution is 8.00. The first kappa shape index (κ1) is 18.2. The van der Waals surface area contributed by atoms with Gasteiger partial charge in [0.1, 0.15) is 15.7 Å². The van der Waals surface area contributed by atoms with E-state index in [-0.39, 0.29) is 5.91 Å². The lowest BCUT2D eigenvalue weighted by Gasteiger charge is -2.20. The molecule has 2 aromatic heterocycles. The van der Waals surface area contributed by atoms with Gasteiger partial charge in [-0.05, 0) is 50.5 Å². The summed E-state index contributed by atoms with van der Waals surface area (Å²) in [4.78, 5) is 26.7. The van der Waals surface area contributed by atoms with E-state index in [0.29, 0.717) is 5.75 Å². The third-order valence-corrected chi connectivity index (χ3v) is 7.63. The van der Waals surface area contributed by atoms with E-state index in [9.17, 15) is 4.79 Å².